The van der Waals surface area contributed by atoms with E-state index in [4.69, 9.17) is 0 Å². The van der Waals surface area contributed by atoms with Crippen molar-refractivity contribution in [3.05, 3.63) is 70.8 Å². The summed E-state index contributed by atoms with van der Waals surface area (Å²) in [4.78, 5) is 0. The van der Waals surface area contributed by atoms with Gasteiger partial charge in [-0.25, -0.2) is 0 Å². The molecular formula is C29H48. The Bertz CT molecular complexity index is 582. The minimum absolute atomic E-state index is 0. The first kappa shape index (κ1) is 27.4. The lowest BCUT2D eigenvalue weighted by atomic mass is 9.82. The Hall–Kier alpha value is -1.56. The average molecular weight is 397 g/mol. The molecule has 0 N–H and O–H groups in total. The normalized spacial score (nSPS) is 12.6. The standard InChI is InChI=1S/2C14H22.CH4/c2*1-13(2,3)11-7-9-12(10-8-11)14(4,5)6;/h2*7-10H,1-6H3;1H4. The highest BCUT2D eigenvalue weighted by molar-refractivity contribution is 5.31. The molecule has 0 saturated carbocycles. The molecule has 0 nitrogen and oxygen atoms in total. The zero-order chi connectivity index (χ0) is 22.0. The van der Waals surface area contributed by atoms with E-state index in [1.54, 1.807) is 0 Å². The van der Waals surface area contributed by atoms with Crippen LogP contribution < -0.4 is 0 Å². The van der Waals surface area contributed by atoms with Crippen LogP contribution in [-0.4, -0.2) is 0 Å². The third kappa shape index (κ3) is 8.77. The van der Waals surface area contributed by atoms with Gasteiger partial charge in [0, 0.05) is 0 Å². The summed E-state index contributed by atoms with van der Waals surface area (Å²) in [7, 11) is 0. The Kier molecular flexibility index (Phi) is 8.99. The second-order valence-electron chi connectivity index (χ2n) is 12.2. The van der Waals surface area contributed by atoms with Crippen molar-refractivity contribution in [2.45, 2.75) is 112 Å². The quantitative estimate of drug-likeness (QED) is 0.416. The molecular weight excluding hydrogens is 348 g/mol. The molecule has 2 aromatic rings. The summed E-state index contributed by atoms with van der Waals surface area (Å²) in [5.74, 6) is 0. The van der Waals surface area contributed by atoms with Gasteiger partial charge in [0.1, 0.15) is 0 Å². The molecule has 0 amide bonds. The second-order valence-corrected chi connectivity index (χ2v) is 12.2. The second kappa shape index (κ2) is 9.50. The van der Waals surface area contributed by atoms with Gasteiger partial charge in [0.05, 0.1) is 0 Å². The molecule has 0 heteroatoms. The predicted molar refractivity (Wildman–Crippen MR) is 134 cm³/mol. The Labute approximate surface area is 183 Å². The van der Waals surface area contributed by atoms with Gasteiger partial charge in [0.25, 0.3) is 0 Å². The van der Waals surface area contributed by atoms with Crippen molar-refractivity contribution >= 4 is 0 Å². The average Bonchev–Trinajstić information content (AvgIpc) is 2.52. The summed E-state index contributed by atoms with van der Waals surface area (Å²) in [5.41, 5.74) is 6.67. The number of benzene rings is 2. The predicted octanol–water partition coefficient (Wildman–Crippen LogP) is 9.20. The van der Waals surface area contributed by atoms with Gasteiger partial charge in [-0.2, -0.15) is 0 Å². The molecule has 0 fully saturated rings. The minimum Gasteiger partial charge on any atom is -0.0776 e. The fourth-order valence-corrected chi connectivity index (χ4v) is 2.94. The number of rotatable bonds is 0. The van der Waals surface area contributed by atoms with Gasteiger partial charge in [0.15, 0.2) is 0 Å². The Morgan fingerprint density at radius 1 is 0.310 bits per heavy atom. The van der Waals surface area contributed by atoms with Gasteiger partial charge in [-0.05, 0) is 43.9 Å². The number of hydrogen-bond acceptors (Lipinski definition) is 0. The largest absolute Gasteiger partial charge is 0.0776 e. The topological polar surface area (TPSA) is 0 Å². The van der Waals surface area contributed by atoms with E-state index in [0.29, 0.717) is 0 Å². The third-order valence-electron chi connectivity index (χ3n) is 5.23. The summed E-state index contributed by atoms with van der Waals surface area (Å²) in [6.45, 7) is 27.0. The monoisotopic (exact) mass is 396 g/mol. The van der Waals surface area contributed by atoms with E-state index in [2.05, 4.69) is 132 Å². The van der Waals surface area contributed by atoms with Crippen molar-refractivity contribution in [2.24, 2.45) is 0 Å². The van der Waals surface area contributed by atoms with Crippen LogP contribution in [0.15, 0.2) is 48.5 Å². The summed E-state index contributed by atoms with van der Waals surface area (Å²) < 4.78 is 0. The van der Waals surface area contributed by atoms with Gasteiger partial charge in [-0.15, -0.1) is 0 Å². The van der Waals surface area contributed by atoms with Crippen LogP contribution in [0.4, 0.5) is 0 Å². The van der Waals surface area contributed by atoms with Crippen LogP contribution in [0.1, 0.15) is 113 Å². The number of hydrogen-bond donors (Lipinski definition) is 0. The maximum Gasteiger partial charge on any atom is -0.0132 e. The Morgan fingerprint density at radius 2 is 0.414 bits per heavy atom. The van der Waals surface area contributed by atoms with Gasteiger partial charge >= 0.3 is 0 Å². The van der Waals surface area contributed by atoms with E-state index in [-0.39, 0.29) is 29.1 Å². The fourth-order valence-electron chi connectivity index (χ4n) is 2.94. The van der Waals surface area contributed by atoms with Crippen LogP contribution in [0.3, 0.4) is 0 Å². The highest BCUT2D eigenvalue weighted by atomic mass is 14.2. The molecule has 0 heterocycles. The molecule has 2 rings (SSSR count). The highest BCUT2D eigenvalue weighted by Crippen LogP contribution is 2.28. The fraction of sp³-hybridized carbons (Fsp3) is 0.586. The molecule has 0 atom stereocenters. The molecule has 0 aromatic heterocycles. The lowest BCUT2D eigenvalue weighted by Gasteiger charge is -2.23. The van der Waals surface area contributed by atoms with Crippen LogP contribution in [0.5, 0.6) is 0 Å². The summed E-state index contributed by atoms with van der Waals surface area (Å²) in [6.07, 6.45) is 0. The summed E-state index contributed by atoms with van der Waals surface area (Å²) in [5, 5.41) is 0. The van der Waals surface area contributed by atoms with E-state index in [0.717, 1.165) is 0 Å². The van der Waals surface area contributed by atoms with Crippen molar-refractivity contribution in [1.29, 1.82) is 0 Å². The van der Waals surface area contributed by atoms with Gasteiger partial charge in [-0.1, -0.05) is 139 Å². The summed E-state index contributed by atoms with van der Waals surface area (Å²) >= 11 is 0. The molecule has 0 unspecified atom stereocenters. The minimum atomic E-state index is 0. The van der Waals surface area contributed by atoms with Gasteiger partial charge < -0.3 is 0 Å². The molecule has 0 saturated heterocycles. The first-order valence-electron chi connectivity index (χ1n) is 10.6. The zero-order valence-electron chi connectivity index (χ0n) is 20.6. The molecule has 0 aliphatic carbocycles. The van der Waals surface area contributed by atoms with Crippen LogP contribution in [0.25, 0.3) is 0 Å². The SMILES string of the molecule is C.CC(C)(C)c1ccc(C(C)(C)C)cc1.CC(C)(C)c1ccc(C(C)(C)C)cc1. The van der Waals surface area contributed by atoms with Crippen LogP contribution in [0, 0.1) is 0 Å². The van der Waals surface area contributed by atoms with Crippen LogP contribution in [0.2, 0.25) is 0 Å². The van der Waals surface area contributed by atoms with Gasteiger partial charge in [0.2, 0.25) is 0 Å². The maximum atomic E-state index is 2.25. The van der Waals surface area contributed by atoms with Gasteiger partial charge in [-0.3, -0.25) is 0 Å². The third-order valence-corrected chi connectivity index (χ3v) is 5.23. The van der Waals surface area contributed by atoms with Crippen molar-refractivity contribution in [2.75, 3.05) is 0 Å². The molecule has 0 bridgehead atoms. The highest BCUT2D eigenvalue weighted by Gasteiger charge is 2.17. The van der Waals surface area contributed by atoms with Crippen LogP contribution in [-0.2, 0) is 21.7 Å². The molecule has 164 valence electrons. The van der Waals surface area contributed by atoms with Crippen molar-refractivity contribution in [3.63, 3.8) is 0 Å². The van der Waals surface area contributed by atoms with E-state index >= 15 is 0 Å². The van der Waals surface area contributed by atoms with Crippen LogP contribution >= 0.6 is 0 Å². The van der Waals surface area contributed by atoms with Crippen molar-refractivity contribution in [1.82, 2.24) is 0 Å². The molecule has 0 radical (unpaired) electrons. The maximum absolute atomic E-state index is 2.25. The van der Waals surface area contributed by atoms with E-state index in [9.17, 15) is 0 Å². The molecule has 0 spiro atoms. The molecule has 0 aliphatic rings. The Balaban J connectivity index is 0.000000523. The Morgan fingerprint density at radius 3 is 0.483 bits per heavy atom. The molecule has 0 aliphatic heterocycles. The summed E-state index contributed by atoms with van der Waals surface area (Å²) in [6, 6.07) is 18.0. The lowest BCUT2D eigenvalue weighted by Crippen LogP contribution is -2.14. The van der Waals surface area contributed by atoms with E-state index in [1.807, 2.05) is 0 Å². The smallest absolute Gasteiger partial charge is 0.0132 e. The van der Waals surface area contributed by atoms with Crippen molar-refractivity contribution < 1.29 is 0 Å². The first-order chi connectivity index (χ1) is 12.4. The van der Waals surface area contributed by atoms with E-state index < -0.39 is 0 Å². The van der Waals surface area contributed by atoms with Crippen molar-refractivity contribution in [3.8, 4) is 0 Å². The first-order valence-corrected chi connectivity index (χ1v) is 10.6. The lowest BCUT2D eigenvalue weighted by molar-refractivity contribution is 0.577. The van der Waals surface area contributed by atoms with E-state index in [1.165, 1.54) is 22.3 Å². The molecule has 2 aromatic carbocycles. The molecule has 29 heavy (non-hydrogen) atoms. The zero-order valence-corrected chi connectivity index (χ0v) is 20.6.